The number of aliphatic carboxylic acids is 1. The Kier molecular flexibility index (Phi) is 5.00. The third kappa shape index (κ3) is 4.54. The van der Waals surface area contributed by atoms with Crippen molar-refractivity contribution in [3.8, 4) is 0 Å². The molecule has 1 aliphatic heterocycles. The van der Waals surface area contributed by atoms with E-state index in [-0.39, 0.29) is 17.5 Å². The second-order valence-corrected chi connectivity index (χ2v) is 7.91. The molecule has 0 aromatic heterocycles. The highest BCUT2D eigenvalue weighted by Gasteiger charge is 2.23. The van der Waals surface area contributed by atoms with Crippen molar-refractivity contribution in [2.24, 2.45) is 0 Å². The lowest BCUT2D eigenvalue weighted by molar-refractivity contribution is -0.138. The summed E-state index contributed by atoms with van der Waals surface area (Å²) in [5.41, 5.74) is 1.86. The molecule has 2 rings (SSSR count). The zero-order valence-electron chi connectivity index (χ0n) is 12.1. The van der Waals surface area contributed by atoms with Crippen LogP contribution in [0.3, 0.4) is 0 Å². The lowest BCUT2D eigenvalue weighted by Crippen LogP contribution is -2.37. The van der Waals surface area contributed by atoms with E-state index in [1.807, 2.05) is 24.3 Å². The molecule has 2 N–H and O–H groups in total. The quantitative estimate of drug-likeness (QED) is 0.862. The van der Waals surface area contributed by atoms with Crippen LogP contribution in [0.1, 0.15) is 36.8 Å². The van der Waals surface area contributed by atoms with Crippen molar-refractivity contribution < 1.29 is 18.3 Å². The molecule has 0 saturated carbocycles. The van der Waals surface area contributed by atoms with Gasteiger partial charge in [0.15, 0.2) is 0 Å². The van der Waals surface area contributed by atoms with Gasteiger partial charge in [-0.15, -0.1) is 0 Å². The van der Waals surface area contributed by atoms with Crippen molar-refractivity contribution in [1.29, 1.82) is 0 Å². The van der Waals surface area contributed by atoms with Crippen LogP contribution in [0.15, 0.2) is 24.3 Å². The van der Waals surface area contributed by atoms with Crippen LogP contribution in [0, 0.1) is 0 Å². The van der Waals surface area contributed by atoms with Crippen LogP contribution in [0.5, 0.6) is 0 Å². The summed E-state index contributed by atoms with van der Waals surface area (Å²) in [5, 5.41) is 12.3. The summed E-state index contributed by atoms with van der Waals surface area (Å²) in [6.45, 7) is 2.34. The average molecular weight is 311 g/mol. The van der Waals surface area contributed by atoms with E-state index in [0.29, 0.717) is 19.4 Å². The molecular weight excluding hydrogens is 290 g/mol. The summed E-state index contributed by atoms with van der Waals surface area (Å²) in [5.74, 6) is -0.806. The SMILES string of the molecule is CC(C(=O)O)c1ccc(CNC2CCS(=O)(=O)CC2)cc1. The van der Waals surface area contributed by atoms with E-state index in [2.05, 4.69) is 5.32 Å². The van der Waals surface area contributed by atoms with E-state index >= 15 is 0 Å². The summed E-state index contributed by atoms with van der Waals surface area (Å²) in [4.78, 5) is 10.9. The summed E-state index contributed by atoms with van der Waals surface area (Å²) in [7, 11) is -2.82. The molecule has 0 aliphatic carbocycles. The van der Waals surface area contributed by atoms with Gasteiger partial charge in [-0.1, -0.05) is 24.3 Å². The second-order valence-electron chi connectivity index (χ2n) is 5.61. The Morgan fingerprint density at radius 2 is 1.86 bits per heavy atom. The van der Waals surface area contributed by atoms with Crippen LogP contribution in [0.4, 0.5) is 0 Å². The highest BCUT2D eigenvalue weighted by Crippen LogP contribution is 2.17. The molecular formula is C15H21NO4S. The number of nitrogens with one attached hydrogen (secondary N) is 1. The normalized spacial score (nSPS) is 20.0. The molecule has 0 radical (unpaired) electrons. The Morgan fingerprint density at radius 1 is 1.29 bits per heavy atom. The third-order valence-corrected chi connectivity index (χ3v) is 5.72. The number of carbonyl (C=O) groups is 1. The van der Waals surface area contributed by atoms with Crippen molar-refractivity contribution in [2.75, 3.05) is 11.5 Å². The molecule has 1 unspecified atom stereocenters. The smallest absolute Gasteiger partial charge is 0.310 e. The molecule has 1 heterocycles. The monoisotopic (exact) mass is 311 g/mol. The van der Waals surface area contributed by atoms with Crippen LogP contribution in [-0.2, 0) is 21.2 Å². The highest BCUT2D eigenvalue weighted by molar-refractivity contribution is 7.91. The molecule has 1 saturated heterocycles. The number of hydrogen-bond acceptors (Lipinski definition) is 4. The van der Waals surface area contributed by atoms with Gasteiger partial charge in [0.05, 0.1) is 17.4 Å². The first-order valence-electron chi connectivity index (χ1n) is 7.13. The van der Waals surface area contributed by atoms with Crippen LogP contribution < -0.4 is 5.32 Å². The zero-order valence-corrected chi connectivity index (χ0v) is 12.9. The molecule has 6 heteroatoms. The molecule has 21 heavy (non-hydrogen) atoms. The maximum Gasteiger partial charge on any atom is 0.310 e. The highest BCUT2D eigenvalue weighted by atomic mass is 32.2. The Balaban J connectivity index is 1.85. The van der Waals surface area contributed by atoms with Crippen LogP contribution in [0.2, 0.25) is 0 Å². The van der Waals surface area contributed by atoms with Gasteiger partial charge in [-0.3, -0.25) is 4.79 Å². The Bertz CT molecular complexity index is 581. The van der Waals surface area contributed by atoms with Gasteiger partial charge in [0.25, 0.3) is 0 Å². The van der Waals surface area contributed by atoms with Crippen molar-refractivity contribution in [3.63, 3.8) is 0 Å². The first-order chi connectivity index (χ1) is 9.87. The molecule has 1 aromatic carbocycles. The minimum Gasteiger partial charge on any atom is -0.481 e. The van der Waals surface area contributed by atoms with Crippen LogP contribution in [-0.4, -0.2) is 37.0 Å². The van der Waals surface area contributed by atoms with Crippen LogP contribution >= 0.6 is 0 Å². The fourth-order valence-electron chi connectivity index (χ4n) is 2.42. The molecule has 0 bridgehead atoms. The van der Waals surface area contributed by atoms with Gasteiger partial charge in [-0.2, -0.15) is 0 Å². The summed E-state index contributed by atoms with van der Waals surface area (Å²) >= 11 is 0. The van der Waals surface area contributed by atoms with Crippen LogP contribution in [0.25, 0.3) is 0 Å². The molecule has 0 amide bonds. The molecule has 116 valence electrons. The average Bonchev–Trinajstić information content (AvgIpc) is 2.46. The Morgan fingerprint density at radius 3 is 2.38 bits per heavy atom. The van der Waals surface area contributed by atoms with Crippen molar-refractivity contribution >= 4 is 15.8 Å². The number of hydrogen-bond donors (Lipinski definition) is 2. The lowest BCUT2D eigenvalue weighted by atomic mass is 10.00. The zero-order chi connectivity index (χ0) is 15.5. The van der Waals surface area contributed by atoms with E-state index in [0.717, 1.165) is 11.1 Å². The van der Waals surface area contributed by atoms with Gasteiger partial charge in [-0.05, 0) is 30.9 Å². The second kappa shape index (κ2) is 6.58. The molecule has 1 atom stereocenters. The number of sulfone groups is 1. The van der Waals surface area contributed by atoms with E-state index < -0.39 is 21.7 Å². The Labute approximate surface area is 125 Å². The van der Waals surface area contributed by atoms with Gasteiger partial charge in [0, 0.05) is 12.6 Å². The van der Waals surface area contributed by atoms with E-state index in [1.54, 1.807) is 6.92 Å². The third-order valence-electron chi connectivity index (χ3n) is 4.00. The predicted molar refractivity (Wildman–Crippen MR) is 81.0 cm³/mol. The van der Waals surface area contributed by atoms with Gasteiger partial charge in [0.2, 0.25) is 0 Å². The largest absolute Gasteiger partial charge is 0.481 e. The van der Waals surface area contributed by atoms with Gasteiger partial charge >= 0.3 is 5.97 Å². The summed E-state index contributed by atoms with van der Waals surface area (Å²) in [6.07, 6.45) is 1.33. The molecule has 0 spiro atoms. The predicted octanol–water partition coefficient (Wildman–Crippen LogP) is 1.54. The molecule has 1 aromatic rings. The van der Waals surface area contributed by atoms with Crippen molar-refractivity contribution in [1.82, 2.24) is 5.32 Å². The minimum absolute atomic E-state index is 0.242. The first kappa shape index (κ1) is 16.0. The number of carboxylic acids is 1. The minimum atomic E-state index is -2.82. The maximum absolute atomic E-state index is 11.4. The summed E-state index contributed by atoms with van der Waals surface area (Å²) < 4.78 is 22.7. The lowest BCUT2D eigenvalue weighted by Gasteiger charge is -2.23. The molecule has 5 nitrogen and oxygen atoms in total. The fourth-order valence-corrected chi connectivity index (χ4v) is 3.91. The van der Waals surface area contributed by atoms with E-state index in [1.165, 1.54) is 0 Å². The standard InChI is InChI=1S/C15H21NO4S/c1-11(15(17)18)13-4-2-12(3-5-13)10-16-14-6-8-21(19,20)9-7-14/h2-5,11,14,16H,6-10H2,1H3,(H,17,18). The Hall–Kier alpha value is -1.40. The first-order valence-corrected chi connectivity index (χ1v) is 8.95. The maximum atomic E-state index is 11.4. The van der Waals surface area contributed by atoms with E-state index in [4.69, 9.17) is 5.11 Å². The van der Waals surface area contributed by atoms with Crippen molar-refractivity contribution in [2.45, 2.75) is 38.3 Å². The van der Waals surface area contributed by atoms with Gasteiger partial charge in [-0.25, -0.2) is 8.42 Å². The summed E-state index contributed by atoms with van der Waals surface area (Å²) in [6, 6.07) is 7.75. The topological polar surface area (TPSA) is 83.5 Å². The van der Waals surface area contributed by atoms with Crippen molar-refractivity contribution in [3.05, 3.63) is 35.4 Å². The number of carboxylic acid groups (broad SMARTS) is 1. The number of rotatable bonds is 5. The van der Waals surface area contributed by atoms with Gasteiger partial charge in [0.1, 0.15) is 9.84 Å². The molecule has 1 fully saturated rings. The fraction of sp³-hybridized carbons (Fsp3) is 0.533. The van der Waals surface area contributed by atoms with Gasteiger partial charge < -0.3 is 10.4 Å². The van der Waals surface area contributed by atoms with E-state index in [9.17, 15) is 13.2 Å². The number of benzene rings is 1. The molecule has 1 aliphatic rings.